The van der Waals surface area contributed by atoms with Crippen LogP contribution in [0, 0.1) is 0 Å². The molecule has 1 unspecified atom stereocenters. The molecule has 7 nitrogen and oxygen atoms in total. The van der Waals surface area contributed by atoms with Crippen LogP contribution < -0.4 is 0 Å². The minimum absolute atomic E-state index is 0.0603. The number of hydrogen-bond acceptors (Lipinski definition) is 7. The Hall–Kier alpha value is -2.71. The molecule has 3 heterocycles. The normalized spacial score (nSPS) is 12.3. The second-order valence-corrected chi connectivity index (χ2v) is 7.57. The predicted octanol–water partition coefficient (Wildman–Crippen LogP) is 4.43. The minimum Gasteiger partial charge on any atom is -0.334 e. The van der Waals surface area contributed by atoms with Gasteiger partial charge in [-0.2, -0.15) is 4.98 Å². The summed E-state index contributed by atoms with van der Waals surface area (Å²) in [5.74, 6) is 1.80. The highest BCUT2D eigenvalue weighted by Gasteiger charge is 2.20. The van der Waals surface area contributed by atoms with Crippen molar-refractivity contribution in [2.75, 3.05) is 0 Å². The van der Waals surface area contributed by atoms with Crippen LogP contribution in [0.25, 0.3) is 22.8 Å². The standard InChI is InChI=1S/C18H15ClN6OS/c1-11(15-21-17(26-24-15)13-4-3-5-14(19)10-13)27-18-23-22-16(25(18)2)12-6-8-20-9-7-12/h3-11H,1-2H3. The summed E-state index contributed by atoms with van der Waals surface area (Å²) >= 11 is 7.54. The van der Waals surface area contributed by atoms with Gasteiger partial charge in [0.15, 0.2) is 16.8 Å². The number of aromatic nitrogens is 6. The Bertz CT molecular complexity index is 1060. The molecular formula is C18H15ClN6OS. The van der Waals surface area contributed by atoms with Gasteiger partial charge in [0.1, 0.15) is 0 Å². The number of pyridine rings is 1. The first-order valence-corrected chi connectivity index (χ1v) is 9.43. The molecule has 0 aliphatic carbocycles. The van der Waals surface area contributed by atoms with E-state index in [0.29, 0.717) is 16.7 Å². The number of halogens is 1. The minimum atomic E-state index is -0.0603. The highest BCUT2D eigenvalue weighted by Crippen LogP contribution is 2.34. The van der Waals surface area contributed by atoms with Crippen molar-refractivity contribution in [1.82, 2.24) is 29.9 Å². The second-order valence-electron chi connectivity index (χ2n) is 5.83. The molecule has 0 saturated carbocycles. The van der Waals surface area contributed by atoms with Gasteiger partial charge in [-0.3, -0.25) is 4.98 Å². The molecule has 136 valence electrons. The van der Waals surface area contributed by atoms with E-state index in [-0.39, 0.29) is 5.25 Å². The third-order valence-corrected chi connectivity index (χ3v) is 5.30. The average molecular weight is 399 g/mol. The van der Waals surface area contributed by atoms with Gasteiger partial charge in [-0.05, 0) is 37.3 Å². The molecule has 4 rings (SSSR count). The second kappa shape index (κ2) is 7.50. The van der Waals surface area contributed by atoms with Crippen molar-refractivity contribution in [1.29, 1.82) is 0 Å². The predicted molar refractivity (Wildman–Crippen MR) is 103 cm³/mol. The van der Waals surface area contributed by atoms with Gasteiger partial charge in [0.05, 0.1) is 5.25 Å². The summed E-state index contributed by atoms with van der Waals surface area (Å²) in [4.78, 5) is 8.52. The van der Waals surface area contributed by atoms with Gasteiger partial charge in [0.25, 0.3) is 5.89 Å². The summed E-state index contributed by atoms with van der Waals surface area (Å²) in [6.07, 6.45) is 3.46. The van der Waals surface area contributed by atoms with E-state index in [1.54, 1.807) is 24.5 Å². The van der Waals surface area contributed by atoms with Crippen LogP contribution in [0.3, 0.4) is 0 Å². The number of rotatable bonds is 5. The van der Waals surface area contributed by atoms with Crippen molar-refractivity contribution in [2.45, 2.75) is 17.3 Å². The summed E-state index contributed by atoms with van der Waals surface area (Å²) in [7, 11) is 1.93. The van der Waals surface area contributed by atoms with E-state index in [2.05, 4.69) is 25.3 Å². The highest BCUT2D eigenvalue weighted by atomic mass is 35.5. The fourth-order valence-electron chi connectivity index (χ4n) is 2.52. The Balaban J connectivity index is 1.53. The summed E-state index contributed by atoms with van der Waals surface area (Å²) in [5.41, 5.74) is 1.75. The van der Waals surface area contributed by atoms with Crippen LogP contribution in [0.1, 0.15) is 18.0 Å². The zero-order valence-corrected chi connectivity index (χ0v) is 16.1. The Labute approximate surface area is 164 Å². The Morgan fingerprint density at radius 2 is 1.93 bits per heavy atom. The van der Waals surface area contributed by atoms with E-state index in [4.69, 9.17) is 16.1 Å². The van der Waals surface area contributed by atoms with Crippen molar-refractivity contribution in [3.63, 3.8) is 0 Å². The Morgan fingerprint density at radius 1 is 1.11 bits per heavy atom. The molecule has 0 bridgehead atoms. The monoisotopic (exact) mass is 398 g/mol. The number of hydrogen-bond donors (Lipinski definition) is 0. The van der Waals surface area contributed by atoms with Crippen LogP contribution >= 0.6 is 23.4 Å². The maximum absolute atomic E-state index is 6.03. The summed E-state index contributed by atoms with van der Waals surface area (Å²) in [5, 5.41) is 14.0. The molecule has 4 aromatic rings. The van der Waals surface area contributed by atoms with E-state index < -0.39 is 0 Å². The van der Waals surface area contributed by atoms with Crippen molar-refractivity contribution in [3.8, 4) is 22.8 Å². The van der Waals surface area contributed by atoms with Gasteiger partial charge in [0, 0.05) is 35.6 Å². The average Bonchev–Trinajstić information content (AvgIpc) is 3.31. The first-order chi connectivity index (χ1) is 13.1. The van der Waals surface area contributed by atoms with Crippen LogP contribution in [-0.4, -0.2) is 29.9 Å². The lowest BCUT2D eigenvalue weighted by atomic mass is 10.2. The lowest BCUT2D eigenvalue weighted by molar-refractivity contribution is 0.423. The third kappa shape index (κ3) is 3.72. The smallest absolute Gasteiger partial charge is 0.258 e. The van der Waals surface area contributed by atoms with E-state index in [9.17, 15) is 0 Å². The molecule has 0 aliphatic heterocycles. The Kier molecular flexibility index (Phi) is 4.91. The molecule has 0 fully saturated rings. The van der Waals surface area contributed by atoms with E-state index >= 15 is 0 Å². The molecule has 0 radical (unpaired) electrons. The topological polar surface area (TPSA) is 82.5 Å². The van der Waals surface area contributed by atoms with Gasteiger partial charge in [0.2, 0.25) is 0 Å². The van der Waals surface area contributed by atoms with Crippen molar-refractivity contribution in [2.24, 2.45) is 7.05 Å². The maximum Gasteiger partial charge on any atom is 0.258 e. The summed E-state index contributed by atoms with van der Waals surface area (Å²) < 4.78 is 7.33. The largest absolute Gasteiger partial charge is 0.334 e. The zero-order valence-electron chi connectivity index (χ0n) is 14.6. The molecule has 0 aliphatic rings. The molecule has 9 heteroatoms. The van der Waals surface area contributed by atoms with Crippen molar-refractivity contribution in [3.05, 3.63) is 59.6 Å². The van der Waals surface area contributed by atoms with Crippen LogP contribution in [-0.2, 0) is 7.05 Å². The maximum atomic E-state index is 6.03. The number of thioether (sulfide) groups is 1. The van der Waals surface area contributed by atoms with Gasteiger partial charge < -0.3 is 9.09 Å². The third-order valence-electron chi connectivity index (χ3n) is 3.93. The first kappa shape index (κ1) is 17.7. The molecule has 0 N–H and O–H groups in total. The number of benzene rings is 1. The van der Waals surface area contributed by atoms with Gasteiger partial charge in [-0.25, -0.2) is 0 Å². The first-order valence-electron chi connectivity index (χ1n) is 8.18. The fraction of sp³-hybridized carbons (Fsp3) is 0.167. The van der Waals surface area contributed by atoms with Crippen LogP contribution in [0.4, 0.5) is 0 Å². The van der Waals surface area contributed by atoms with E-state index in [1.165, 1.54) is 11.8 Å². The van der Waals surface area contributed by atoms with Crippen molar-refractivity contribution < 1.29 is 4.52 Å². The van der Waals surface area contributed by atoms with Gasteiger partial charge in [-0.1, -0.05) is 34.6 Å². The molecule has 1 atom stereocenters. The van der Waals surface area contributed by atoms with Gasteiger partial charge in [-0.15, -0.1) is 10.2 Å². The van der Waals surface area contributed by atoms with Crippen LogP contribution in [0.2, 0.25) is 5.02 Å². The van der Waals surface area contributed by atoms with Crippen molar-refractivity contribution >= 4 is 23.4 Å². The van der Waals surface area contributed by atoms with Gasteiger partial charge >= 0.3 is 0 Å². The lowest BCUT2D eigenvalue weighted by Crippen LogP contribution is -1.98. The van der Waals surface area contributed by atoms with Crippen LogP contribution in [0.5, 0.6) is 0 Å². The lowest BCUT2D eigenvalue weighted by Gasteiger charge is -2.06. The highest BCUT2D eigenvalue weighted by molar-refractivity contribution is 7.99. The number of nitrogens with zero attached hydrogens (tertiary/aromatic N) is 6. The molecule has 3 aromatic heterocycles. The molecular weight excluding hydrogens is 384 g/mol. The summed E-state index contributed by atoms with van der Waals surface area (Å²) in [6.45, 7) is 2.00. The molecule has 0 saturated heterocycles. The quantitative estimate of drug-likeness (QED) is 0.459. The van der Waals surface area contributed by atoms with Crippen LogP contribution in [0.15, 0.2) is 58.5 Å². The molecule has 0 amide bonds. The molecule has 1 aromatic carbocycles. The fourth-order valence-corrected chi connectivity index (χ4v) is 3.56. The SMILES string of the molecule is CC(Sc1nnc(-c2ccncc2)n1C)c1noc(-c2cccc(Cl)c2)n1. The van der Waals surface area contributed by atoms with E-state index in [0.717, 1.165) is 22.1 Å². The molecule has 0 spiro atoms. The Morgan fingerprint density at radius 3 is 2.70 bits per heavy atom. The summed E-state index contributed by atoms with van der Waals surface area (Å²) in [6, 6.07) is 11.1. The molecule has 27 heavy (non-hydrogen) atoms. The van der Waals surface area contributed by atoms with E-state index in [1.807, 2.05) is 42.8 Å². The zero-order chi connectivity index (χ0) is 18.8.